The maximum atomic E-state index is 6.75. The zero-order valence-corrected chi connectivity index (χ0v) is 72.1. The molecule has 0 bridgehead atoms. The number of furan rings is 3. The molecule has 30 rings (SSSR count). The Kier molecular flexibility index (Phi) is 16.0. The highest BCUT2D eigenvalue weighted by Gasteiger charge is 2.25. The maximum absolute atomic E-state index is 6.75. The lowest BCUT2D eigenvalue weighted by Crippen LogP contribution is -1.93. The first-order chi connectivity index (χ1) is 64.5. The van der Waals surface area contributed by atoms with Gasteiger partial charge in [-0.15, -0.1) is 34.0 Å². The molecule has 0 N–H and O–H groups in total. The van der Waals surface area contributed by atoms with E-state index in [0.29, 0.717) is 0 Å². The molecule has 606 valence electrons. The molecular weight excluding hydrogens is 1640 g/mol. The van der Waals surface area contributed by atoms with Crippen LogP contribution in [0.15, 0.2) is 438 Å². The fourth-order valence-electron chi connectivity index (χ4n) is 21.3. The summed E-state index contributed by atoms with van der Waals surface area (Å²) in [5.41, 5.74) is 26.8. The number of nitrogens with zero attached hydrogens (tertiary/aromatic N) is 4. The molecule has 10 heterocycles. The summed E-state index contributed by atoms with van der Waals surface area (Å²) in [5, 5.41) is 24.7. The van der Waals surface area contributed by atoms with Crippen molar-refractivity contribution in [3.05, 3.63) is 425 Å². The van der Waals surface area contributed by atoms with Crippen molar-refractivity contribution >= 4 is 248 Å². The van der Waals surface area contributed by atoms with Gasteiger partial charge in [-0.25, -0.2) is 0 Å². The Morgan fingerprint density at radius 3 is 0.769 bits per heavy atom. The number of para-hydroxylation sites is 11. The summed E-state index contributed by atoms with van der Waals surface area (Å²) in [7, 11) is 0. The Hall–Kier alpha value is -16.3. The monoisotopic (exact) mass is 1710 g/mol. The van der Waals surface area contributed by atoms with Crippen LogP contribution in [0, 0.1) is 0 Å². The number of hydrogen-bond donors (Lipinski definition) is 0. The molecule has 0 aliphatic carbocycles. The first kappa shape index (κ1) is 72.9. The average Bonchev–Trinajstić information content (AvgIpc) is 1.58. The van der Waals surface area contributed by atoms with E-state index >= 15 is 0 Å². The van der Waals surface area contributed by atoms with E-state index in [0.717, 1.165) is 99.6 Å². The molecule has 10 heteroatoms. The topological polar surface area (TPSA) is 59.1 Å². The van der Waals surface area contributed by atoms with Crippen LogP contribution in [0.5, 0.6) is 0 Å². The summed E-state index contributed by atoms with van der Waals surface area (Å²) in [6.45, 7) is 0. The molecule has 30 aromatic rings. The van der Waals surface area contributed by atoms with Crippen LogP contribution in [0.3, 0.4) is 0 Å². The first-order valence-corrected chi connectivity index (χ1v) is 46.5. The smallest absolute Gasteiger partial charge is 0.143 e. The van der Waals surface area contributed by atoms with Crippen molar-refractivity contribution in [3.8, 4) is 56.1 Å². The molecule has 7 nitrogen and oxygen atoms in total. The lowest BCUT2D eigenvalue weighted by atomic mass is 9.97. The van der Waals surface area contributed by atoms with Crippen molar-refractivity contribution in [1.82, 2.24) is 18.3 Å². The molecule has 0 spiro atoms. The normalized spacial score (nSPS) is 12.2. The SMILES string of the molecule is c1cc(-c2cccc3c2sc2ccc(-n4c5ccccc5c5ccccc54)cc23)c2oc3ccc(-n4c5ccccc5c5ccccc54)cc3c2c1.c1ccc2c(c1)sc1c(-c3cccc4c3oc3ccc(-n5c6ccccc6c6ccccc65)cc34)cccc12.c1ccc2c(c1)sc1cccc(-c3cccc4c3oc3ccc(-n5c6ccccc6c6ccccc65)cc34)c12. The highest BCUT2D eigenvalue weighted by molar-refractivity contribution is 7.27. The number of aromatic nitrogens is 4. The van der Waals surface area contributed by atoms with Crippen LogP contribution in [0.25, 0.3) is 270 Å². The highest BCUT2D eigenvalue weighted by atomic mass is 32.1. The van der Waals surface area contributed by atoms with E-state index in [1.807, 2.05) is 34.0 Å². The minimum absolute atomic E-state index is 0.895. The largest absolute Gasteiger partial charge is 0.455 e. The van der Waals surface area contributed by atoms with E-state index in [2.05, 4.69) is 443 Å². The van der Waals surface area contributed by atoms with Gasteiger partial charge in [0, 0.05) is 186 Å². The Morgan fingerprint density at radius 1 is 0.154 bits per heavy atom. The van der Waals surface area contributed by atoms with Crippen molar-refractivity contribution in [3.63, 3.8) is 0 Å². The quantitative estimate of drug-likeness (QED) is 0.160. The van der Waals surface area contributed by atoms with E-state index in [4.69, 9.17) is 13.3 Å². The van der Waals surface area contributed by atoms with Gasteiger partial charge in [-0.1, -0.05) is 285 Å². The molecule has 0 saturated carbocycles. The third-order valence-electron chi connectivity index (χ3n) is 27.0. The van der Waals surface area contributed by atoms with Crippen LogP contribution in [0.1, 0.15) is 0 Å². The Morgan fingerprint density at radius 2 is 0.400 bits per heavy atom. The fourth-order valence-corrected chi connectivity index (χ4v) is 24.9. The van der Waals surface area contributed by atoms with Crippen LogP contribution in [0.4, 0.5) is 0 Å². The molecule has 20 aromatic carbocycles. The van der Waals surface area contributed by atoms with E-state index < -0.39 is 0 Å². The molecule has 0 aliphatic heterocycles. The van der Waals surface area contributed by atoms with Gasteiger partial charge in [0.25, 0.3) is 0 Å². The summed E-state index contributed by atoms with van der Waals surface area (Å²) in [6, 6.07) is 153. The third-order valence-corrected chi connectivity index (χ3v) is 30.5. The molecule has 0 aliphatic rings. The van der Waals surface area contributed by atoms with Gasteiger partial charge < -0.3 is 31.5 Å². The minimum atomic E-state index is 0.895. The summed E-state index contributed by atoms with van der Waals surface area (Å²) < 4.78 is 37.3. The lowest BCUT2D eigenvalue weighted by Gasteiger charge is -2.08. The van der Waals surface area contributed by atoms with Gasteiger partial charge >= 0.3 is 0 Å². The van der Waals surface area contributed by atoms with Crippen LogP contribution in [-0.2, 0) is 0 Å². The van der Waals surface area contributed by atoms with Crippen molar-refractivity contribution in [1.29, 1.82) is 0 Å². The molecule has 10 aromatic heterocycles. The Labute approximate surface area is 754 Å². The molecule has 0 radical (unpaired) electrons. The molecule has 0 saturated heterocycles. The standard InChI is InChI=1S/C48H28N2OS.2C36H21NOS/c1-5-19-41-31(11-1)32-12-2-6-20-42(32)49(41)29-23-25-45-39(27-29)36-16-9-15-35(47(36)51-45)37-17-10-18-38-40-28-30(24-26-46(40)52-48(37)38)50-43-21-7-3-13-33(43)34-14-4-8-22-44(34)50;1-4-15-30-23(9-1)24-10-2-5-16-31(24)37(30)22-19-20-32-29(21-22)27-14-7-13-26(36(27)38-32)25-12-8-18-34-35(25)28-11-3-6-17-33(28)39-34;1-4-16-31-23(9-1)24-10-2-5-17-32(24)37(31)22-19-20-33-30(21-22)27-13-7-12-26(35(27)38-33)29-15-8-14-28-25-11-3-6-18-34(25)39-36(28)29/h1-28H;2*1-21H. The predicted octanol–water partition coefficient (Wildman–Crippen LogP) is 35.3. The van der Waals surface area contributed by atoms with E-state index in [1.54, 1.807) is 0 Å². The molecule has 0 atom stereocenters. The van der Waals surface area contributed by atoms with E-state index in [9.17, 15) is 0 Å². The Bertz CT molecular complexity index is 9570. The second kappa shape index (κ2) is 28.6. The van der Waals surface area contributed by atoms with Gasteiger partial charge in [0.05, 0.1) is 44.1 Å². The summed E-state index contributed by atoms with van der Waals surface area (Å²) >= 11 is 5.57. The first-order valence-electron chi connectivity index (χ1n) is 44.1. The lowest BCUT2D eigenvalue weighted by molar-refractivity contribution is 0.669. The van der Waals surface area contributed by atoms with Gasteiger partial charge in [0.15, 0.2) is 0 Å². The zero-order chi connectivity index (χ0) is 84.9. The molecule has 0 fully saturated rings. The van der Waals surface area contributed by atoms with Crippen LogP contribution < -0.4 is 0 Å². The molecule has 0 unspecified atom stereocenters. The van der Waals surface area contributed by atoms with Crippen LogP contribution in [0.2, 0.25) is 0 Å². The van der Waals surface area contributed by atoms with E-state index in [-0.39, 0.29) is 0 Å². The molecular formula is C120H70N4O3S3. The predicted molar refractivity (Wildman–Crippen MR) is 553 cm³/mol. The summed E-state index contributed by atoms with van der Waals surface area (Å²) in [4.78, 5) is 0. The second-order valence-electron chi connectivity index (χ2n) is 33.9. The van der Waals surface area contributed by atoms with Gasteiger partial charge in [0.2, 0.25) is 0 Å². The van der Waals surface area contributed by atoms with Gasteiger partial charge in [-0.2, -0.15) is 0 Å². The third kappa shape index (κ3) is 10.9. The van der Waals surface area contributed by atoms with Crippen molar-refractivity contribution < 1.29 is 13.3 Å². The number of fused-ring (bicyclic) bond motifs is 30. The van der Waals surface area contributed by atoms with Gasteiger partial charge in [-0.05, 0) is 145 Å². The fraction of sp³-hybridized carbons (Fsp3) is 0. The Balaban J connectivity index is 0.0000000996. The van der Waals surface area contributed by atoms with E-state index in [1.165, 1.54) is 170 Å². The summed E-state index contributed by atoms with van der Waals surface area (Å²) in [6.07, 6.45) is 0. The molecule has 130 heavy (non-hydrogen) atoms. The number of thiophene rings is 3. The minimum Gasteiger partial charge on any atom is -0.455 e. The molecule has 0 amide bonds. The van der Waals surface area contributed by atoms with Crippen LogP contribution >= 0.6 is 34.0 Å². The second-order valence-corrected chi connectivity index (χ2v) is 37.1. The number of benzene rings is 20. The number of rotatable bonds is 7. The summed E-state index contributed by atoms with van der Waals surface area (Å²) in [5.74, 6) is 0. The average molecular weight is 1710 g/mol. The zero-order valence-electron chi connectivity index (χ0n) is 69.7. The highest BCUT2D eigenvalue weighted by Crippen LogP contribution is 2.50. The van der Waals surface area contributed by atoms with Crippen molar-refractivity contribution in [2.24, 2.45) is 0 Å². The van der Waals surface area contributed by atoms with Gasteiger partial charge in [-0.3, -0.25) is 0 Å². The van der Waals surface area contributed by atoms with Crippen molar-refractivity contribution in [2.45, 2.75) is 0 Å². The number of hydrogen-bond acceptors (Lipinski definition) is 6. The van der Waals surface area contributed by atoms with Crippen LogP contribution in [-0.4, -0.2) is 18.3 Å². The van der Waals surface area contributed by atoms with Gasteiger partial charge in [0.1, 0.15) is 33.5 Å². The van der Waals surface area contributed by atoms with Crippen molar-refractivity contribution in [2.75, 3.05) is 0 Å². The maximum Gasteiger partial charge on any atom is 0.143 e.